The number of carbonyl (C=O) groups excluding carboxylic acids is 1. The summed E-state index contributed by atoms with van der Waals surface area (Å²) in [7, 11) is 0. The van der Waals surface area contributed by atoms with E-state index in [1.807, 2.05) is 41.9 Å². The number of fused-ring (bicyclic) bond motifs is 1. The summed E-state index contributed by atoms with van der Waals surface area (Å²) in [6.07, 6.45) is 10.5. The Kier molecular flexibility index (Phi) is 5.96. The van der Waals surface area contributed by atoms with Gasteiger partial charge in [-0.3, -0.25) is 4.79 Å². The van der Waals surface area contributed by atoms with E-state index in [4.69, 9.17) is 5.73 Å². The molecule has 2 aliphatic carbocycles. The van der Waals surface area contributed by atoms with E-state index in [1.54, 1.807) is 0 Å². The van der Waals surface area contributed by atoms with Gasteiger partial charge >= 0.3 is 0 Å². The number of hydrogen-bond acceptors (Lipinski definition) is 5. The molecule has 2 heterocycles. The molecule has 1 amide bonds. The van der Waals surface area contributed by atoms with Gasteiger partial charge in [-0.25, -0.2) is 4.98 Å². The van der Waals surface area contributed by atoms with Crippen molar-refractivity contribution in [2.24, 2.45) is 11.8 Å². The SMILES string of the molecule is CCC1CCC(CNc2cc(N)nc3c(-c4ccc(C(=O)NC5CC5)c(C)c4)cnn23)CC1. The third kappa shape index (κ3) is 4.68. The molecule has 7 heteroatoms. The van der Waals surface area contributed by atoms with Gasteiger partial charge in [-0.2, -0.15) is 9.61 Å². The molecule has 5 rings (SSSR count). The summed E-state index contributed by atoms with van der Waals surface area (Å²) in [6, 6.07) is 8.09. The van der Waals surface area contributed by atoms with Gasteiger partial charge in [-0.15, -0.1) is 0 Å². The van der Waals surface area contributed by atoms with Crippen LogP contribution in [0.1, 0.15) is 67.8 Å². The first-order valence-electron chi connectivity index (χ1n) is 12.3. The smallest absolute Gasteiger partial charge is 0.251 e. The van der Waals surface area contributed by atoms with Crippen LogP contribution < -0.4 is 16.4 Å². The summed E-state index contributed by atoms with van der Waals surface area (Å²) in [5, 5.41) is 11.3. The van der Waals surface area contributed by atoms with Crippen molar-refractivity contribution in [2.75, 3.05) is 17.6 Å². The molecule has 0 saturated heterocycles. The molecule has 2 aromatic heterocycles. The van der Waals surface area contributed by atoms with Crippen LogP contribution in [0.3, 0.4) is 0 Å². The Morgan fingerprint density at radius 1 is 1.12 bits per heavy atom. The zero-order chi connectivity index (χ0) is 22.9. The average Bonchev–Trinajstić information content (AvgIpc) is 3.53. The molecule has 0 bridgehead atoms. The Bertz CT molecular complexity index is 1160. The number of nitrogens with zero attached hydrogens (tertiary/aromatic N) is 3. The molecule has 2 aliphatic rings. The highest BCUT2D eigenvalue weighted by Gasteiger charge is 2.25. The first-order chi connectivity index (χ1) is 16.0. The van der Waals surface area contributed by atoms with Gasteiger partial charge in [0.05, 0.1) is 6.20 Å². The number of aryl methyl sites for hydroxylation is 1. The normalized spacial score (nSPS) is 20.7. The Balaban J connectivity index is 1.36. The van der Waals surface area contributed by atoms with Crippen LogP contribution in [0.2, 0.25) is 0 Å². The van der Waals surface area contributed by atoms with Crippen molar-refractivity contribution >= 4 is 23.2 Å². The number of anilines is 2. The Morgan fingerprint density at radius 3 is 2.58 bits per heavy atom. The minimum Gasteiger partial charge on any atom is -0.384 e. The number of nitrogen functional groups attached to an aromatic ring is 1. The van der Waals surface area contributed by atoms with Crippen LogP contribution in [0.25, 0.3) is 16.8 Å². The van der Waals surface area contributed by atoms with Gasteiger partial charge in [0.1, 0.15) is 11.6 Å². The van der Waals surface area contributed by atoms with Crippen molar-refractivity contribution in [1.29, 1.82) is 0 Å². The van der Waals surface area contributed by atoms with Gasteiger partial charge in [-0.1, -0.05) is 38.3 Å². The summed E-state index contributed by atoms with van der Waals surface area (Å²) >= 11 is 0. The fraction of sp³-hybridized carbons (Fsp3) is 0.500. The molecule has 0 radical (unpaired) electrons. The van der Waals surface area contributed by atoms with E-state index in [-0.39, 0.29) is 5.91 Å². The van der Waals surface area contributed by atoms with E-state index in [0.29, 0.717) is 17.8 Å². The van der Waals surface area contributed by atoms with E-state index >= 15 is 0 Å². The molecule has 3 aromatic rings. The number of amides is 1. The highest BCUT2D eigenvalue weighted by molar-refractivity contribution is 5.97. The first kappa shape index (κ1) is 21.7. The van der Waals surface area contributed by atoms with E-state index in [2.05, 4.69) is 27.6 Å². The molecule has 0 atom stereocenters. The lowest BCUT2D eigenvalue weighted by Gasteiger charge is -2.28. The maximum absolute atomic E-state index is 12.5. The number of nitrogens with two attached hydrogens (primary N) is 1. The van der Waals surface area contributed by atoms with Crippen LogP contribution in [0, 0.1) is 18.8 Å². The molecule has 2 fully saturated rings. The quantitative estimate of drug-likeness (QED) is 0.484. The zero-order valence-electron chi connectivity index (χ0n) is 19.6. The maximum atomic E-state index is 12.5. The number of carbonyl (C=O) groups is 1. The number of rotatable bonds is 7. The summed E-state index contributed by atoms with van der Waals surface area (Å²) in [5.74, 6) is 2.93. The van der Waals surface area contributed by atoms with E-state index in [0.717, 1.165) is 59.0 Å². The second kappa shape index (κ2) is 9.04. The van der Waals surface area contributed by atoms with E-state index < -0.39 is 0 Å². The van der Waals surface area contributed by atoms with E-state index in [9.17, 15) is 4.79 Å². The van der Waals surface area contributed by atoms with Crippen LogP contribution in [0.15, 0.2) is 30.5 Å². The van der Waals surface area contributed by atoms with Gasteiger partial charge in [0.15, 0.2) is 5.65 Å². The number of hydrogen-bond donors (Lipinski definition) is 3. The molecule has 0 unspecified atom stereocenters. The summed E-state index contributed by atoms with van der Waals surface area (Å²) in [5.41, 5.74) is 10.4. The minimum absolute atomic E-state index is 0.00300. The fourth-order valence-electron chi connectivity index (χ4n) is 4.98. The molecule has 0 spiro atoms. The van der Waals surface area contributed by atoms with Crippen molar-refractivity contribution in [1.82, 2.24) is 19.9 Å². The van der Waals surface area contributed by atoms with Gasteiger partial charge in [0, 0.05) is 29.8 Å². The third-order valence-corrected chi connectivity index (χ3v) is 7.30. The molecule has 7 nitrogen and oxygen atoms in total. The van der Waals surface area contributed by atoms with Crippen molar-refractivity contribution in [2.45, 2.75) is 64.8 Å². The highest BCUT2D eigenvalue weighted by atomic mass is 16.1. The van der Waals surface area contributed by atoms with Crippen molar-refractivity contribution < 1.29 is 4.79 Å². The van der Waals surface area contributed by atoms with E-state index in [1.165, 1.54) is 32.1 Å². The first-order valence-corrected chi connectivity index (χ1v) is 12.3. The number of aromatic nitrogens is 3. The van der Waals surface area contributed by atoms with Crippen LogP contribution in [-0.4, -0.2) is 33.1 Å². The molecule has 4 N–H and O–H groups in total. The molecule has 1 aromatic carbocycles. The lowest BCUT2D eigenvalue weighted by Crippen LogP contribution is -2.26. The number of nitrogens with one attached hydrogen (secondary N) is 2. The average molecular weight is 447 g/mol. The molecular weight excluding hydrogens is 412 g/mol. The molecule has 0 aliphatic heterocycles. The summed E-state index contributed by atoms with van der Waals surface area (Å²) < 4.78 is 1.84. The molecular formula is C26H34N6O. The Hall–Kier alpha value is -3.09. The Labute approximate surface area is 195 Å². The van der Waals surface area contributed by atoms with Crippen LogP contribution >= 0.6 is 0 Å². The molecule has 174 valence electrons. The van der Waals surface area contributed by atoms with Gasteiger partial charge < -0.3 is 16.4 Å². The summed E-state index contributed by atoms with van der Waals surface area (Å²) in [4.78, 5) is 17.1. The second-order valence-corrected chi connectivity index (χ2v) is 9.81. The lowest BCUT2D eigenvalue weighted by molar-refractivity contribution is 0.0950. The molecule has 2 saturated carbocycles. The highest BCUT2D eigenvalue weighted by Crippen LogP contribution is 2.32. The van der Waals surface area contributed by atoms with Crippen LogP contribution in [0.4, 0.5) is 11.6 Å². The van der Waals surface area contributed by atoms with Gasteiger partial charge in [0.25, 0.3) is 5.91 Å². The second-order valence-electron chi connectivity index (χ2n) is 9.81. The monoisotopic (exact) mass is 446 g/mol. The maximum Gasteiger partial charge on any atom is 0.251 e. The minimum atomic E-state index is 0.00300. The predicted octanol–water partition coefficient (Wildman–Crippen LogP) is 4.81. The van der Waals surface area contributed by atoms with Gasteiger partial charge in [-0.05, 0) is 61.6 Å². The molecule has 33 heavy (non-hydrogen) atoms. The largest absolute Gasteiger partial charge is 0.384 e. The van der Waals surface area contributed by atoms with Crippen LogP contribution in [0.5, 0.6) is 0 Å². The predicted molar refractivity (Wildman–Crippen MR) is 132 cm³/mol. The zero-order valence-corrected chi connectivity index (χ0v) is 19.6. The van der Waals surface area contributed by atoms with Gasteiger partial charge in [0.2, 0.25) is 0 Å². The third-order valence-electron chi connectivity index (χ3n) is 7.30. The fourth-order valence-corrected chi connectivity index (χ4v) is 4.98. The lowest BCUT2D eigenvalue weighted by atomic mass is 9.81. The number of benzene rings is 1. The summed E-state index contributed by atoms with van der Waals surface area (Å²) in [6.45, 7) is 5.19. The van der Waals surface area contributed by atoms with Crippen molar-refractivity contribution in [3.05, 3.63) is 41.6 Å². The Morgan fingerprint density at radius 2 is 1.88 bits per heavy atom. The van der Waals surface area contributed by atoms with Crippen molar-refractivity contribution in [3.63, 3.8) is 0 Å². The standard InChI is InChI=1S/C26H34N6O/c1-3-17-4-6-18(7-5-17)14-28-24-13-23(27)31-25-22(15-29-32(24)25)19-8-11-21(16(2)12-19)26(33)30-20-9-10-20/h8,11-13,15,17-18,20,28H,3-7,9-10,14H2,1-2H3,(H2,27,31)(H,30,33). The van der Waals surface area contributed by atoms with Crippen molar-refractivity contribution in [3.8, 4) is 11.1 Å². The van der Waals surface area contributed by atoms with Crippen LogP contribution in [-0.2, 0) is 0 Å². The topological polar surface area (TPSA) is 97.3 Å².